The quantitative estimate of drug-likeness (QED) is 0.551. The molecule has 1 saturated heterocycles. The summed E-state index contributed by atoms with van der Waals surface area (Å²) in [6, 6.07) is 11.6. The normalized spacial score (nSPS) is 14.1. The van der Waals surface area contributed by atoms with Crippen molar-refractivity contribution in [2.75, 3.05) is 18.6 Å². The van der Waals surface area contributed by atoms with Gasteiger partial charge in [0.05, 0.1) is 16.6 Å². The third-order valence-electron chi connectivity index (χ3n) is 3.60. The van der Waals surface area contributed by atoms with Crippen LogP contribution in [0.2, 0.25) is 0 Å². The molecule has 1 fully saturated rings. The molecule has 0 N–H and O–H groups in total. The average Bonchev–Trinajstić information content (AvgIpc) is 3.16. The minimum atomic E-state index is -0.545. The zero-order valence-electron chi connectivity index (χ0n) is 13.3. The highest BCUT2D eigenvalue weighted by atomic mass is 32.2. The van der Waals surface area contributed by atoms with E-state index in [1.54, 1.807) is 13.2 Å². The predicted molar refractivity (Wildman–Crippen MR) is 98.5 cm³/mol. The number of hydrogen-bond donors (Lipinski definition) is 0. The molecule has 1 aliphatic rings. The van der Waals surface area contributed by atoms with Crippen LogP contribution in [0.25, 0.3) is 0 Å². The summed E-state index contributed by atoms with van der Waals surface area (Å²) in [5.74, 6) is 3.54. The van der Waals surface area contributed by atoms with E-state index in [-0.39, 0.29) is 17.0 Å². The summed E-state index contributed by atoms with van der Waals surface area (Å²) >= 11 is 3.79. The summed E-state index contributed by atoms with van der Waals surface area (Å²) in [6.07, 6.45) is 0. The van der Waals surface area contributed by atoms with Gasteiger partial charge < -0.3 is 9.47 Å². The van der Waals surface area contributed by atoms with Gasteiger partial charge in [-0.25, -0.2) is 0 Å². The molecular weight excluding hydrogens is 360 g/mol. The van der Waals surface area contributed by atoms with Gasteiger partial charge in [-0.2, -0.15) is 5.26 Å². The zero-order valence-corrected chi connectivity index (χ0v) is 14.9. The summed E-state index contributed by atoms with van der Waals surface area (Å²) in [4.78, 5) is 10.3. The van der Waals surface area contributed by atoms with Crippen LogP contribution in [-0.2, 0) is 0 Å². The highest BCUT2D eigenvalue weighted by Crippen LogP contribution is 2.47. The number of thioether (sulfide) groups is 2. The fourth-order valence-corrected chi connectivity index (χ4v) is 5.23. The van der Waals surface area contributed by atoms with Crippen molar-refractivity contribution in [3.63, 3.8) is 0 Å². The van der Waals surface area contributed by atoms with Gasteiger partial charge in [0.1, 0.15) is 17.4 Å². The smallest absolute Gasteiger partial charge is 0.271 e. The standard InChI is InChI=1S/C17H14N2O4S2/c1-22-16-9-11(17-24-6-7-25-17)2-4-15(16)23-14-5-3-13(19(20)21)8-12(14)10-18/h2-5,8-9,17H,6-7H2,1H3. The predicted octanol–water partition coefficient (Wildman–Crippen LogP) is 4.75. The van der Waals surface area contributed by atoms with Gasteiger partial charge in [-0.1, -0.05) is 6.07 Å². The van der Waals surface area contributed by atoms with Crippen LogP contribution >= 0.6 is 23.5 Å². The largest absolute Gasteiger partial charge is 0.493 e. The lowest BCUT2D eigenvalue weighted by Crippen LogP contribution is -1.96. The van der Waals surface area contributed by atoms with Crippen molar-refractivity contribution < 1.29 is 14.4 Å². The summed E-state index contributed by atoms with van der Waals surface area (Å²) in [5.41, 5.74) is 1.10. The SMILES string of the molecule is COc1cc(C2SCCS2)ccc1Oc1ccc([N+](=O)[O-])cc1C#N. The van der Waals surface area contributed by atoms with E-state index in [9.17, 15) is 15.4 Å². The molecule has 3 rings (SSSR count). The fraction of sp³-hybridized carbons (Fsp3) is 0.235. The second-order valence-corrected chi connectivity index (χ2v) is 7.86. The molecule has 6 nitrogen and oxygen atoms in total. The summed E-state index contributed by atoms with van der Waals surface area (Å²) in [6.45, 7) is 0. The van der Waals surface area contributed by atoms with Crippen LogP contribution in [0.15, 0.2) is 36.4 Å². The number of rotatable bonds is 5. The van der Waals surface area contributed by atoms with Crippen LogP contribution in [0.1, 0.15) is 15.7 Å². The highest BCUT2D eigenvalue weighted by molar-refractivity contribution is 8.19. The molecule has 1 heterocycles. The van der Waals surface area contributed by atoms with Crippen molar-refractivity contribution in [3.8, 4) is 23.3 Å². The highest BCUT2D eigenvalue weighted by Gasteiger charge is 2.20. The van der Waals surface area contributed by atoms with E-state index in [2.05, 4.69) is 0 Å². The van der Waals surface area contributed by atoms with Crippen LogP contribution in [0.5, 0.6) is 17.2 Å². The van der Waals surface area contributed by atoms with Crippen LogP contribution in [-0.4, -0.2) is 23.5 Å². The third-order valence-corrected chi connectivity index (χ3v) is 6.70. The Hall–Kier alpha value is -2.37. The number of nitriles is 1. The van der Waals surface area contributed by atoms with Crippen molar-refractivity contribution in [1.29, 1.82) is 5.26 Å². The van der Waals surface area contributed by atoms with Crippen molar-refractivity contribution in [3.05, 3.63) is 57.6 Å². The molecule has 0 atom stereocenters. The van der Waals surface area contributed by atoms with Gasteiger partial charge in [-0.05, 0) is 23.8 Å². The molecule has 8 heteroatoms. The Morgan fingerprint density at radius 3 is 2.52 bits per heavy atom. The number of nitro benzene ring substituents is 1. The maximum absolute atomic E-state index is 10.8. The van der Waals surface area contributed by atoms with Crippen LogP contribution < -0.4 is 9.47 Å². The number of ether oxygens (including phenoxy) is 2. The monoisotopic (exact) mass is 374 g/mol. The first kappa shape index (κ1) is 17.5. The molecule has 0 spiro atoms. The molecule has 1 aliphatic heterocycles. The summed E-state index contributed by atoms with van der Waals surface area (Å²) in [5, 5.41) is 20.1. The molecule has 0 radical (unpaired) electrons. The number of nitro groups is 1. The van der Waals surface area contributed by atoms with Crippen LogP contribution in [0.4, 0.5) is 5.69 Å². The van der Waals surface area contributed by atoms with Gasteiger partial charge in [0.25, 0.3) is 5.69 Å². The van der Waals surface area contributed by atoms with E-state index >= 15 is 0 Å². The molecular formula is C17H14N2O4S2. The Bertz CT molecular complexity index is 845. The second kappa shape index (κ2) is 7.68. The van der Waals surface area contributed by atoms with Gasteiger partial charge >= 0.3 is 0 Å². The molecule has 0 saturated carbocycles. The molecule has 0 aromatic heterocycles. The molecule has 128 valence electrons. The number of nitrogens with zero attached hydrogens (tertiary/aromatic N) is 2. The van der Waals surface area contributed by atoms with Gasteiger partial charge in [0.2, 0.25) is 0 Å². The van der Waals surface area contributed by atoms with E-state index in [1.807, 2.05) is 41.7 Å². The molecule has 0 bridgehead atoms. The molecule has 0 amide bonds. The third kappa shape index (κ3) is 3.83. The first-order valence-corrected chi connectivity index (χ1v) is 9.49. The molecule has 0 unspecified atom stereocenters. The number of hydrogen-bond acceptors (Lipinski definition) is 7. The Kier molecular flexibility index (Phi) is 5.36. The summed E-state index contributed by atoms with van der Waals surface area (Å²) in [7, 11) is 1.56. The lowest BCUT2D eigenvalue weighted by atomic mass is 10.2. The minimum Gasteiger partial charge on any atom is -0.493 e. The lowest BCUT2D eigenvalue weighted by molar-refractivity contribution is -0.384. The Morgan fingerprint density at radius 1 is 1.16 bits per heavy atom. The van der Waals surface area contributed by atoms with E-state index in [0.29, 0.717) is 16.1 Å². The average molecular weight is 374 g/mol. The Labute approximate surface area is 153 Å². The number of methoxy groups -OCH3 is 1. The molecule has 2 aromatic carbocycles. The van der Waals surface area contributed by atoms with Gasteiger partial charge in [-0.3, -0.25) is 10.1 Å². The van der Waals surface area contributed by atoms with Gasteiger partial charge in [0.15, 0.2) is 11.5 Å². The van der Waals surface area contributed by atoms with Crippen molar-refractivity contribution in [1.82, 2.24) is 0 Å². The maximum Gasteiger partial charge on any atom is 0.271 e. The summed E-state index contributed by atoms with van der Waals surface area (Å²) < 4.78 is 11.6. The van der Waals surface area contributed by atoms with Gasteiger partial charge in [-0.15, -0.1) is 23.5 Å². The van der Waals surface area contributed by atoms with E-state index < -0.39 is 4.92 Å². The van der Waals surface area contributed by atoms with Gasteiger partial charge in [0, 0.05) is 23.6 Å². The van der Waals surface area contributed by atoms with Crippen molar-refractivity contribution >= 4 is 29.2 Å². The number of non-ortho nitro benzene ring substituents is 1. The van der Waals surface area contributed by atoms with E-state index in [0.717, 1.165) is 17.1 Å². The molecule has 25 heavy (non-hydrogen) atoms. The fourth-order valence-electron chi connectivity index (χ4n) is 2.39. The van der Waals surface area contributed by atoms with Crippen LogP contribution in [0.3, 0.4) is 0 Å². The topological polar surface area (TPSA) is 85.4 Å². The molecule has 2 aromatic rings. The number of benzene rings is 2. The van der Waals surface area contributed by atoms with Crippen molar-refractivity contribution in [2.45, 2.75) is 4.58 Å². The zero-order chi connectivity index (χ0) is 17.8. The van der Waals surface area contributed by atoms with E-state index in [4.69, 9.17) is 9.47 Å². The second-order valence-electron chi connectivity index (χ2n) is 5.14. The first-order valence-electron chi connectivity index (χ1n) is 7.40. The maximum atomic E-state index is 10.8. The molecule has 0 aliphatic carbocycles. The lowest BCUT2D eigenvalue weighted by Gasteiger charge is -2.14. The van der Waals surface area contributed by atoms with E-state index in [1.165, 1.54) is 18.2 Å². The Morgan fingerprint density at radius 2 is 1.88 bits per heavy atom. The Balaban J connectivity index is 1.90. The van der Waals surface area contributed by atoms with Crippen molar-refractivity contribution in [2.24, 2.45) is 0 Å². The van der Waals surface area contributed by atoms with Crippen LogP contribution in [0, 0.1) is 21.4 Å². The first-order chi connectivity index (χ1) is 12.1. The minimum absolute atomic E-state index is 0.0993.